The number of aromatic carboxylic acids is 1. The topological polar surface area (TPSA) is 42.2 Å². The number of hydrogen-bond donors (Lipinski definition) is 1. The zero-order chi connectivity index (χ0) is 10.7. The van der Waals surface area contributed by atoms with Crippen molar-refractivity contribution in [2.45, 2.75) is 38.6 Å². The lowest BCUT2D eigenvalue weighted by Gasteiger charge is -2.21. The van der Waals surface area contributed by atoms with Gasteiger partial charge < -0.3 is 9.67 Å². The second-order valence-corrected chi connectivity index (χ2v) is 4.41. The molecule has 0 spiro atoms. The molecule has 3 heteroatoms. The van der Waals surface area contributed by atoms with E-state index in [0.717, 1.165) is 12.5 Å². The maximum Gasteiger partial charge on any atom is 0.337 e. The molecule has 1 saturated carbocycles. The Morgan fingerprint density at radius 2 is 2.13 bits per heavy atom. The molecular weight excluding hydrogens is 190 g/mol. The molecule has 0 radical (unpaired) electrons. The van der Waals surface area contributed by atoms with Gasteiger partial charge in [-0.3, -0.25) is 0 Å². The van der Waals surface area contributed by atoms with Gasteiger partial charge in [-0.05, 0) is 24.8 Å². The largest absolute Gasteiger partial charge is 0.478 e. The number of carboxylic acids is 1. The van der Waals surface area contributed by atoms with Crippen molar-refractivity contribution in [1.82, 2.24) is 4.57 Å². The van der Waals surface area contributed by atoms with Crippen LogP contribution in [0.15, 0.2) is 18.5 Å². The third kappa shape index (κ3) is 2.61. The highest BCUT2D eigenvalue weighted by Gasteiger charge is 2.14. The molecule has 0 aliphatic heterocycles. The maximum absolute atomic E-state index is 10.7. The van der Waals surface area contributed by atoms with Crippen molar-refractivity contribution in [3.8, 4) is 0 Å². The molecular formula is C12H17NO2. The van der Waals surface area contributed by atoms with Crippen LogP contribution in [0.2, 0.25) is 0 Å². The van der Waals surface area contributed by atoms with E-state index in [2.05, 4.69) is 0 Å². The van der Waals surface area contributed by atoms with Crippen LogP contribution in [0.3, 0.4) is 0 Å². The van der Waals surface area contributed by atoms with E-state index in [4.69, 9.17) is 5.11 Å². The standard InChI is InChI=1S/C12H17NO2/c14-12(15)11-6-7-13(9-11)8-10-4-2-1-3-5-10/h6-7,9-10H,1-5,8H2,(H,14,15). The van der Waals surface area contributed by atoms with Gasteiger partial charge in [0.1, 0.15) is 0 Å². The first-order valence-electron chi connectivity index (χ1n) is 5.65. The Bertz CT molecular complexity index is 337. The molecule has 0 amide bonds. The Hall–Kier alpha value is -1.25. The van der Waals surface area contributed by atoms with Gasteiger partial charge in [0.25, 0.3) is 0 Å². The SMILES string of the molecule is O=C(O)c1ccn(CC2CCCCC2)c1. The molecule has 1 aromatic rings. The third-order valence-corrected chi connectivity index (χ3v) is 3.19. The molecule has 15 heavy (non-hydrogen) atoms. The van der Waals surface area contributed by atoms with Crippen molar-refractivity contribution >= 4 is 5.97 Å². The Morgan fingerprint density at radius 3 is 2.73 bits per heavy atom. The predicted molar refractivity (Wildman–Crippen MR) is 58.0 cm³/mol. The summed E-state index contributed by atoms with van der Waals surface area (Å²) in [4.78, 5) is 10.7. The minimum absolute atomic E-state index is 0.394. The molecule has 0 saturated heterocycles. The zero-order valence-electron chi connectivity index (χ0n) is 8.85. The molecule has 3 nitrogen and oxygen atoms in total. The molecule has 1 aliphatic rings. The highest BCUT2D eigenvalue weighted by molar-refractivity contribution is 5.87. The van der Waals surface area contributed by atoms with Crippen LogP contribution in [-0.4, -0.2) is 15.6 Å². The number of nitrogens with zero attached hydrogens (tertiary/aromatic N) is 1. The van der Waals surface area contributed by atoms with Crippen LogP contribution in [-0.2, 0) is 6.54 Å². The van der Waals surface area contributed by atoms with Gasteiger partial charge in [-0.1, -0.05) is 19.3 Å². The molecule has 0 atom stereocenters. The summed E-state index contributed by atoms with van der Waals surface area (Å²) in [6.07, 6.45) is 10.2. The predicted octanol–water partition coefficient (Wildman–Crippen LogP) is 2.77. The van der Waals surface area contributed by atoms with Crippen LogP contribution in [0.5, 0.6) is 0 Å². The first kappa shape index (κ1) is 10.3. The minimum Gasteiger partial charge on any atom is -0.478 e. The van der Waals surface area contributed by atoms with Crippen molar-refractivity contribution < 1.29 is 9.90 Å². The second-order valence-electron chi connectivity index (χ2n) is 4.41. The number of rotatable bonds is 3. The highest BCUT2D eigenvalue weighted by Crippen LogP contribution is 2.25. The fourth-order valence-electron chi connectivity index (χ4n) is 2.35. The van der Waals surface area contributed by atoms with Gasteiger partial charge in [0.15, 0.2) is 0 Å². The summed E-state index contributed by atoms with van der Waals surface area (Å²) in [5.74, 6) is -0.0924. The molecule has 1 heterocycles. The Morgan fingerprint density at radius 1 is 1.40 bits per heavy atom. The molecule has 0 unspecified atom stereocenters. The van der Waals surface area contributed by atoms with Gasteiger partial charge in [0.05, 0.1) is 5.56 Å². The minimum atomic E-state index is -0.836. The number of hydrogen-bond acceptors (Lipinski definition) is 1. The van der Waals surface area contributed by atoms with E-state index in [1.54, 1.807) is 12.3 Å². The van der Waals surface area contributed by atoms with E-state index in [0.29, 0.717) is 5.56 Å². The van der Waals surface area contributed by atoms with Crippen molar-refractivity contribution in [3.05, 3.63) is 24.0 Å². The van der Waals surface area contributed by atoms with Crippen LogP contribution in [0.1, 0.15) is 42.5 Å². The van der Waals surface area contributed by atoms with Gasteiger partial charge in [-0.2, -0.15) is 0 Å². The van der Waals surface area contributed by atoms with Gasteiger partial charge in [0, 0.05) is 18.9 Å². The van der Waals surface area contributed by atoms with Crippen LogP contribution in [0, 0.1) is 5.92 Å². The van der Waals surface area contributed by atoms with Gasteiger partial charge >= 0.3 is 5.97 Å². The fraction of sp³-hybridized carbons (Fsp3) is 0.583. The molecule has 1 N–H and O–H groups in total. The van der Waals surface area contributed by atoms with E-state index in [9.17, 15) is 4.79 Å². The summed E-state index contributed by atoms with van der Waals surface area (Å²) >= 11 is 0. The zero-order valence-corrected chi connectivity index (χ0v) is 8.85. The van der Waals surface area contributed by atoms with Gasteiger partial charge in [-0.25, -0.2) is 4.79 Å². The summed E-state index contributed by atoms with van der Waals surface area (Å²) in [5.41, 5.74) is 0.394. The summed E-state index contributed by atoms with van der Waals surface area (Å²) in [7, 11) is 0. The lowest BCUT2D eigenvalue weighted by atomic mass is 9.89. The van der Waals surface area contributed by atoms with Crippen molar-refractivity contribution in [2.24, 2.45) is 5.92 Å². The third-order valence-electron chi connectivity index (χ3n) is 3.19. The first-order valence-corrected chi connectivity index (χ1v) is 5.65. The van der Waals surface area contributed by atoms with E-state index < -0.39 is 5.97 Å². The van der Waals surface area contributed by atoms with E-state index >= 15 is 0 Å². The molecule has 82 valence electrons. The van der Waals surface area contributed by atoms with Gasteiger partial charge in [-0.15, -0.1) is 0 Å². The summed E-state index contributed by atoms with van der Waals surface area (Å²) in [5, 5.41) is 8.79. The summed E-state index contributed by atoms with van der Waals surface area (Å²) < 4.78 is 2.01. The number of carbonyl (C=O) groups is 1. The van der Waals surface area contributed by atoms with Gasteiger partial charge in [0.2, 0.25) is 0 Å². The molecule has 1 aliphatic carbocycles. The van der Waals surface area contributed by atoms with Crippen molar-refractivity contribution in [2.75, 3.05) is 0 Å². The van der Waals surface area contributed by atoms with Crippen LogP contribution >= 0.6 is 0 Å². The van der Waals surface area contributed by atoms with Crippen LogP contribution in [0.25, 0.3) is 0 Å². The van der Waals surface area contributed by atoms with E-state index in [1.807, 2.05) is 10.8 Å². The quantitative estimate of drug-likeness (QED) is 0.828. The summed E-state index contributed by atoms with van der Waals surface area (Å²) in [6.45, 7) is 0.979. The molecule has 0 aromatic carbocycles. The Labute approximate surface area is 89.7 Å². The smallest absolute Gasteiger partial charge is 0.337 e. The van der Waals surface area contributed by atoms with E-state index in [1.165, 1.54) is 32.1 Å². The van der Waals surface area contributed by atoms with Crippen LogP contribution < -0.4 is 0 Å². The maximum atomic E-state index is 10.7. The number of carboxylic acid groups (broad SMARTS) is 1. The fourth-order valence-corrected chi connectivity index (χ4v) is 2.35. The van der Waals surface area contributed by atoms with Crippen LogP contribution in [0.4, 0.5) is 0 Å². The van der Waals surface area contributed by atoms with Crippen molar-refractivity contribution in [1.29, 1.82) is 0 Å². The van der Waals surface area contributed by atoms with Crippen molar-refractivity contribution in [3.63, 3.8) is 0 Å². The average molecular weight is 207 g/mol. The summed E-state index contributed by atoms with van der Waals surface area (Å²) in [6, 6.07) is 1.67. The normalized spacial score (nSPS) is 17.9. The Kier molecular flexibility index (Phi) is 3.09. The Balaban J connectivity index is 1.94. The highest BCUT2D eigenvalue weighted by atomic mass is 16.4. The monoisotopic (exact) mass is 207 g/mol. The average Bonchev–Trinajstić information content (AvgIpc) is 2.68. The van der Waals surface area contributed by atoms with E-state index in [-0.39, 0.29) is 0 Å². The molecule has 1 aromatic heterocycles. The first-order chi connectivity index (χ1) is 7.25. The molecule has 0 bridgehead atoms. The number of aromatic nitrogens is 1. The molecule has 2 rings (SSSR count). The lowest BCUT2D eigenvalue weighted by molar-refractivity contribution is 0.0697. The second kappa shape index (κ2) is 4.51. The molecule has 1 fully saturated rings. The lowest BCUT2D eigenvalue weighted by Crippen LogP contribution is -2.13.